The minimum atomic E-state index is -0.0254. The van der Waals surface area contributed by atoms with Gasteiger partial charge in [-0.25, -0.2) is 0 Å². The van der Waals surface area contributed by atoms with Gasteiger partial charge in [0.1, 0.15) is 5.75 Å². The number of hydrogen-bond acceptors (Lipinski definition) is 5. The third kappa shape index (κ3) is 6.25. The van der Waals surface area contributed by atoms with Crippen molar-refractivity contribution in [1.82, 2.24) is 9.88 Å². The molecule has 190 valence electrons. The number of aromatic nitrogens is 1. The minimum absolute atomic E-state index is 0.0254. The van der Waals surface area contributed by atoms with Crippen molar-refractivity contribution in [3.63, 3.8) is 0 Å². The second-order valence-corrected chi connectivity index (χ2v) is 10.4. The molecule has 5 heteroatoms. The van der Waals surface area contributed by atoms with E-state index in [4.69, 9.17) is 14.5 Å². The molecule has 1 saturated heterocycles. The van der Waals surface area contributed by atoms with E-state index >= 15 is 0 Å². The average molecular weight is 487 g/mol. The quantitative estimate of drug-likeness (QED) is 0.340. The number of esters is 1. The fourth-order valence-corrected chi connectivity index (χ4v) is 5.62. The summed E-state index contributed by atoms with van der Waals surface area (Å²) in [5.41, 5.74) is 3.54. The number of carbonyl (C=O) groups is 1. The SMILES string of the molecule is CCCOC(=O)C1CCN(Cc2ccc3cc(O[C@H]4CC[C@H](c5ccccc5)CC4)ccc3n2)CC1. The van der Waals surface area contributed by atoms with Gasteiger partial charge in [-0.2, -0.15) is 0 Å². The maximum Gasteiger partial charge on any atom is 0.309 e. The van der Waals surface area contributed by atoms with Gasteiger partial charge in [-0.1, -0.05) is 43.3 Å². The number of rotatable bonds is 8. The van der Waals surface area contributed by atoms with Crippen molar-refractivity contribution in [2.45, 2.75) is 70.4 Å². The van der Waals surface area contributed by atoms with E-state index < -0.39 is 0 Å². The average Bonchev–Trinajstić information content (AvgIpc) is 2.93. The first-order chi connectivity index (χ1) is 17.7. The van der Waals surface area contributed by atoms with Crippen LogP contribution in [0.1, 0.15) is 69.0 Å². The number of likely N-dealkylation sites (tertiary alicyclic amines) is 1. The maximum atomic E-state index is 12.1. The lowest BCUT2D eigenvalue weighted by Gasteiger charge is -2.30. The minimum Gasteiger partial charge on any atom is -0.490 e. The van der Waals surface area contributed by atoms with Crippen LogP contribution in [0, 0.1) is 5.92 Å². The second-order valence-electron chi connectivity index (χ2n) is 10.4. The largest absolute Gasteiger partial charge is 0.490 e. The van der Waals surface area contributed by atoms with E-state index in [1.54, 1.807) is 0 Å². The smallest absolute Gasteiger partial charge is 0.309 e. The highest BCUT2D eigenvalue weighted by Crippen LogP contribution is 2.35. The van der Waals surface area contributed by atoms with E-state index in [9.17, 15) is 4.79 Å². The standard InChI is InChI=1S/C31H38N2O3/c1-2-20-35-31(34)25-16-18-33(19-17-25)22-27-11-8-26-21-29(14-15-30(26)32-27)36-28-12-9-24(10-13-28)23-6-4-3-5-7-23/h3-8,11,14-15,21,24-25,28H,2,9-10,12-13,16-20,22H2,1H3/t24-,28-. The molecule has 2 fully saturated rings. The van der Waals surface area contributed by atoms with Crippen molar-refractivity contribution in [3.05, 3.63) is 71.9 Å². The fourth-order valence-electron chi connectivity index (χ4n) is 5.62. The fraction of sp³-hybridized carbons (Fsp3) is 0.484. The molecule has 1 aromatic heterocycles. The van der Waals surface area contributed by atoms with Crippen LogP contribution in [-0.4, -0.2) is 41.7 Å². The van der Waals surface area contributed by atoms with Gasteiger partial charge in [0.2, 0.25) is 0 Å². The summed E-state index contributed by atoms with van der Waals surface area (Å²) in [5, 5.41) is 1.12. The third-order valence-electron chi connectivity index (χ3n) is 7.72. The number of nitrogens with zero attached hydrogens (tertiary/aromatic N) is 2. The van der Waals surface area contributed by atoms with Crippen LogP contribution in [0.25, 0.3) is 10.9 Å². The molecule has 1 saturated carbocycles. The number of pyridine rings is 1. The van der Waals surface area contributed by atoms with Crippen molar-refractivity contribution in [2.24, 2.45) is 5.92 Å². The van der Waals surface area contributed by atoms with E-state index in [1.165, 1.54) is 18.4 Å². The van der Waals surface area contributed by atoms with Crippen LogP contribution in [0.5, 0.6) is 5.75 Å². The van der Waals surface area contributed by atoms with Crippen LogP contribution < -0.4 is 4.74 Å². The van der Waals surface area contributed by atoms with E-state index in [-0.39, 0.29) is 18.0 Å². The topological polar surface area (TPSA) is 51.7 Å². The summed E-state index contributed by atoms with van der Waals surface area (Å²) in [4.78, 5) is 19.4. The van der Waals surface area contributed by atoms with Crippen LogP contribution in [0.2, 0.25) is 0 Å². The van der Waals surface area contributed by atoms with Gasteiger partial charge in [0.15, 0.2) is 0 Å². The van der Waals surface area contributed by atoms with Crippen LogP contribution >= 0.6 is 0 Å². The highest BCUT2D eigenvalue weighted by Gasteiger charge is 2.26. The summed E-state index contributed by atoms with van der Waals surface area (Å²) < 4.78 is 11.7. The lowest BCUT2D eigenvalue weighted by Crippen LogP contribution is -2.36. The first-order valence-electron chi connectivity index (χ1n) is 13.7. The van der Waals surface area contributed by atoms with Crippen molar-refractivity contribution in [1.29, 1.82) is 0 Å². The highest BCUT2D eigenvalue weighted by molar-refractivity contribution is 5.80. The first-order valence-corrected chi connectivity index (χ1v) is 13.7. The Hall–Kier alpha value is -2.92. The van der Waals surface area contributed by atoms with Crippen LogP contribution in [0.3, 0.4) is 0 Å². The van der Waals surface area contributed by atoms with Gasteiger partial charge in [-0.05, 0) is 93.8 Å². The number of carbonyl (C=O) groups excluding carboxylic acids is 1. The second kappa shape index (κ2) is 11.9. The van der Waals surface area contributed by atoms with Gasteiger partial charge in [0.25, 0.3) is 0 Å². The zero-order chi connectivity index (χ0) is 24.7. The van der Waals surface area contributed by atoms with Crippen molar-refractivity contribution in [3.8, 4) is 5.75 Å². The molecular formula is C31H38N2O3. The molecule has 1 aliphatic carbocycles. The molecule has 0 bridgehead atoms. The molecule has 0 radical (unpaired) electrons. The molecule has 0 amide bonds. The summed E-state index contributed by atoms with van der Waals surface area (Å²) in [6.45, 7) is 5.19. The van der Waals surface area contributed by atoms with Crippen LogP contribution in [0.15, 0.2) is 60.7 Å². The number of hydrogen-bond donors (Lipinski definition) is 0. The zero-order valence-corrected chi connectivity index (χ0v) is 21.4. The Labute approximate surface area is 214 Å². The molecule has 0 unspecified atom stereocenters. The Balaban J connectivity index is 1.12. The predicted molar refractivity (Wildman–Crippen MR) is 143 cm³/mol. The summed E-state index contributed by atoms with van der Waals surface area (Å²) >= 11 is 0. The summed E-state index contributed by atoms with van der Waals surface area (Å²) in [5.74, 6) is 1.62. The van der Waals surface area contributed by atoms with E-state index in [2.05, 4.69) is 65.6 Å². The van der Waals surface area contributed by atoms with Gasteiger partial charge in [-0.3, -0.25) is 14.7 Å². The van der Waals surface area contributed by atoms with E-state index in [0.717, 1.165) is 74.1 Å². The first kappa shape index (κ1) is 24.8. The van der Waals surface area contributed by atoms with Crippen molar-refractivity contribution >= 4 is 16.9 Å². The molecule has 1 aliphatic heterocycles. The van der Waals surface area contributed by atoms with Gasteiger partial charge in [0.05, 0.1) is 29.8 Å². The summed E-state index contributed by atoms with van der Waals surface area (Å²) in [6, 6.07) is 21.4. The molecule has 5 rings (SSSR count). The number of ether oxygens (including phenoxy) is 2. The van der Waals surface area contributed by atoms with Gasteiger partial charge in [0, 0.05) is 11.9 Å². The number of benzene rings is 2. The zero-order valence-electron chi connectivity index (χ0n) is 21.4. The Morgan fingerprint density at radius 1 is 0.944 bits per heavy atom. The monoisotopic (exact) mass is 486 g/mol. The lowest BCUT2D eigenvalue weighted by atomic mass is 9.83. The molecular weight excluding hydrogens is 448 g/mol. The third-order valence-corrected chi connectivity index (χ3v) is 7.72. The molecule has 36 heavy (non-hydrogen) atoms. The van der Waals surface area contributed by atoms with E-state index in [1.807, 2.05) is 6.92 Å². The van der Waals surface area contributed by atoms with Gasteiger partial charge >= 0.3 is 5.97 Å². The number of fused-ring (bicyclic) bond motifs is 1. The molecule has 0 N–H and O–H groups in total. The van der Waals surface area contributed by atoms with Crippen molar-refractivity contribution < 1.29 is 14.3 Å². The molecule has 0 atom stereocenters. The number of piperidine rings is 1. The maximum absolute atomic E-state index is 12.1. The summed E-state index contributed by atoms with van der Waals surface area (Å²) in [7, 11) is 0. The van der Waals surface area contributed by atoms with E-state index in [0.29, 0.717) is 12.5 Å². The lowest BCUT2D eigenvalue weighted by molar-refractivity contribution is -0.150. The van der Waals surface area contributed by atoms with Crippen LogP contribution in [0.4, 0.5) is 0 Å². The normalized spacial score (nSPS) is 21.4. The Morgan fingerprint density at radius 2 is 1.72 bits per heavy atom. The Kier molecular flexibility index (Phi) is 8.17. The summed E-state index contributed by atoms with van der Waals surface area (Å²) in [6.07, 6.45) is 7.46. The van der Waals surface area contributed by atoms with Crippen LogP contribution in [-0.2, 0) is 16.1 Å². The molecule has 3 aromatic rings. The molecule has 2 aliphatic rings. The van der Waals surface area contributed by atoms with Gasteiger partial charge < -0.3 is 9.47 Å². The molecule has 2 heterocycles. The molecule has 5 nitrogen and oxygen atoms in total. The molecule has 2 aromatic carbocycles. The highest BCUT2D eigenvalue weighted by atomic mass is 16.5. The van der Waals surface area contributed by atoms with Crippen molar-refractivity contribution in [2.75, 3.05) is 19.7 Å². The Bertz CT molecular complexity index is 1130. The Morgan fingerprint density at radius 3 is 2.47 bits per heavy atom. The molecule has 0 spiro atoms. The predicted octanol–water partition coefficient (Wildman–Crippen LogP) is 6.51. The van der Waals surface area contributed by atoms with Gasteiger partial charge in [-0.15, -0.1) is 0 Å².